The standard InChI is InChI=1S/C11H15N5/c1-9-3-10(5-13-4-9)7-16-8-11(6-12-2)14-15-16/h3-5,8,12H,6-7H2,1-2H3. The molecule has 0 spiro atoms. The second kappa shape index (κ2) is 4.85. The number of hydrogen-bond acceptors (Lipinski definition) is 4. The second-order valence-corrected chi connectivity index (χ2v) is 3.81. The van der Waals surface area contributed by atoms with Crippen LogP contribution < -0.4 is 5.32 Å². The Hall–Kier alpha value is -1.75. The molecule has 0 radical (unpaired) electrons. The molecule has 0 aliphatic rings. The first kappa shape index (κ1) is 10.8. The van der Waals surface area contributed by atoms with Gasteiger partial charge in [0.25, 0.3) is 0 Å². The number of nitrogens with zero attached hydrogens (tertiary/aromatic N) is 4. The molecule has 5 heteroatoms. The molecule has 0 bridgehead atoms. The summed E-state index contributed by atoms with van der Waals surface area (Å²) in [5, 5.41) is 11.2. The highest BCUT2D eigenvalue weighted by molar-refractivity contribution is 5.16. The summed E-state index contributed by atoms with van der Waals surface area (Å²) < 4.78 is 1.82. The zero-order valence-electron chi connectivity index (χ0n) is 9.51. The Morgan fingerprint density at radius 1 is 1.38 bits per heavy atom. The highest BCUT2D eigenvalue weighted by Crippen LogP contribution is 2.03. The Labute approximate surface area is 94.5 Å². The van der Waals surface area contributed by atoms with Crippen molar-refractivity contribution in [3.05, 3.63) is 41.5 Å². The Morgan fingerprint density at radius 2 is 2.25 bits per heavy atom. The monoisotopic (exact) mass is 217 g/mol. The van der Waals surface area contributed by atoms with Crippen LogP contribution >= 0.6 is 0 Å². The van der Waals surface area contributed by atoms with Crippen molar-refractivity contribution in [1.29, 1.82) is 0 Å². The van der Waals surface area contributed by atoms with Gasteiger partial charge in [-0.05, 0) is 25.1 Å². The van der Waals surface area contributed by atoms with Crippen molar-refractivity contribution in [1.82, 2.24) is 25.3 Å². The lowest BCUT2D eigenvalue weighted by atomic mass is 10.2. The Balaban J connectivity index is 2.08. The van der Waals surface area contributed by atoms with E-state index in [-0.39, 0.29) is 0 Å². The van der Waals surface area contributed by atoms with E-state index < -0.39 is 0 Å². The van der Waals surface area contributed by atoms with Gasteiger partial charge in [0.15, 0.2) is 0 Å². The van der Waals surface area contributed by atoms with Gasteiger partial charge in [-0.2, -0.15) is 0 Å². The predicted octanol–water partition coefficient (Wildman–Crippen LogP) is 0.749. The highest BCUT2D eigenvalue weighted by Gasteiger charge is 2.01. The first-order valence-corrected chi connectivity index (χ1v) is 5.22. The van der Waals surface area contributed by atoms with Crippen LogP contribution in [0.1, 0.15) is 16.8 Å². The summed E-state index contributed by atoms with van der Waals surface area (Å²) in [4.78, 5) is 4.15. The van der Waals surface area contributed by atoms with Gasteiger partial charge in [-0.15, -0.1) is 5.10 Å². The largest absolute Gasteiger partial charge is 0.314 e. The summed E-state index contributed by atoms with van der Waals surface area (Å²) in [5.41, 5.74) is 3.25. The number of aromatic nitrogens is 4. The molecule has 2 aromatic rings. The Morgan fingerprint density at radius 3 is 3.00 bits per heavy atom. The van der Waals surface area contributed by atoms with Gasteiger partial charge in [0.05, 0.1) is 18.4 Å². The molecule has 16 heavy (non-hydrogen) atoms. The van der Waals surface area contributed by atoms with E-state index in [0.717, 1.165) is 23.4 Å². The first-order valence-electron chi connectivity index (χ1n) is 5.22. The van der Waals surface area contributed by atoms with Gasteiger partial charge in [0.2, 0.25) is 0 Å². The molecule has 2 rings (SSSR count). The van der Waals surface area contributed by atoms with Crippen LogP contribution in [0, 0.1) is 6.92 Å². The summed E-state index contributed by atoms with van der Waals surface area (Å²) in [6, 6.07) is 2.10. The second-order valence-electron chi connectivity index (χ2n) is 3.81. The summed E-state index contributed by atoms with van der Waals surface area (Å²) in [6.45, 7) is 3.49. The molecule has 0 aliphatic carbocycles. The number of rotatable bonds is 4. The molecule has 2 aromatic heterocycles. The van der Waals surface area contributed by atoms with Crippen LogP contribution in [0.2, 0.25) is 0 Å². The van der Waals surface area contributed by atoms with E-state index in [1.165, 1.54) is 0 Å². The molecule has 5 nitrogen and oxygen atoms in total. The van der Waals surface area contributed by atoms with E-state index in [0.29, 0.717) is 6.54 Å². The Bertz CT molecular complexity index is 463. The molecule has 2 heterocycles. The summed E-state index contributed by atoms with van der Waals surface area (Å²) in [5.74, 6) is 0. The molecular weight excluding hydrogens is 202 g/mol. The smallest absolute Gasteiger partial charge is 0.0964 e. The van der Waals surface area contributed by atoms with E-state index >= 15 is 0 Å². The summed E-state index contributed by atoms with van der Waals surface area (Å²) >= 11 is 0. The van der Waals surface area contributed by atoms with Crippen molar-refractivity contribution in [2.75, 3.05) is 7.05 Å². The lowest BCUT2D eigenvalue weighted by molar-refractivity contribution is 0.647. The van der Waals surface area contributed by atoms with Gasteiger partial charge >= 0.3 is 0 Å². The van der Waals surface area contributed by atoms with Crippen LogP contribution in [0.5, 0.6) is 0 Å². The molecule has 0 amide bonds. The van der Waals surface area contributed by atoms with Gasteiger partial charge in [-0.1, -0.05) is 11.3 Å². The third kappa shape index (κ3) is 2.64. The summed E-state index contributed by atoms with van der Waals surface area (Å²) in [6.07, 6.45) is 5.64. The van der Waals surface area contributed by atoms with Crippen molar-refractivity contribution in [3.63, 3.8) is 0 Å². The molecule has 84 valence electrons. The number of hydrogen-bond donors (Lipinski definition) is 1. The fraction of sp³-hybridized carbons (Fsp3) is 0.364. The van der Waals surface area contributed by atoms with Crippen LogP contribution in [0.15, 0.2) is 24.7 Å². The molecular formula is C11H15N5. The molecule has 0 saturated carbocycles. The molecule has 0 aliphatic heterocycles. The average Bonchev–Trinajstić information content (AvgIpc) is 2.66. The van der Waals surface area contributed by atoms with Crippen molar-refractivity contribution in [3.8, 4) is 0 Å². The van der Waals surface area contributed by atoms with E-state index in [1.54, 1.807) is 0 Å². The predicted molar refractivity (Wildman–Crippen MR) is 60.9 cm³/mol. The van der Waals surface area contributed by atoms with Crippen LogP contribution in [0.3, 0.4) is 0 Å². The van der Waals surface area contributed by atoms with Gasteiger partial charge < -0.3 is 5.32 Å². The van der Waals surface area contributed by atoms with Crippen molar-refractivity contribution < 1.29 is 0 Å². The minimum atomic E-state index is 0.714. The van der Waals surface area contributed by atoms with Crippen molar-refractivity contribution in [2.45, 2.75) is 20.0 Å². The lowest BCUT2D eigenvalue weighted by Crippen LogP contribution is -2.05. The third-order valence-electron chi connectivity index (χ3n) is 2.22. The van der Waals surface area contributed by atoms with E-state index in [9.17, 15) is 0 Å². The average molecular weight is 217 g/mol. The fourth-order valence-electron chi connectivity index (χ4n) is 1.57. The van der Waals surface area contributed by atoms with E-state index in [2.05, 4.69) is 26.7 Å². The van der Waals surface area contributed by atoms with Crippen LogP contribution in [-0.4, -0.2) is 27.0 Å². The zero-order valence-corrected chi connectivity index (χ0v) is 9.51. The molecule has 1 N–H and O–H groups in total. The molecule has 0 fully saturated rings. The third-order valence-corrected chi connectivity index (χ3v) is 2.22. The maximum atomic E-state index is 4.15. The maximum absolute atomic E-state index is 4.15. The molecule has 0 atom stereocenters. The van der Waals surface area contributed by atoms with Gasteiger partial charge in [-0.3, -0.25) is 4.98 Å². The van der Waals surface area contributed by atoms with Gasteiger partial charge in [0, 0.05) is 18.9 Å². The lowest BCUT2D eigenvalue weighted by Gasteiger charge is -2.00. The molecule has 0 saturated heterocycles. The van der Waals surface area contributed by atoms with Crippen LogP contribution in [0.25, 0.3) is 0 Å². The van der Waals surface area contributed by atoms with Crippen LogP contribution in [0.4, 0.5) is 0 Å². The van der Waals surface area contributed by atoms with Gasteiger partial charge in [0.1, 0.15) is 0 Å². The zero-order chi connectivity index (χ0) is 11.4. The van der Waals surface area contributed by atoms with Crippen LogP contribution in [-0.2, 0) is 13.1 Å². The van der Waals surface area contributed by atoms with Crippen molar-refractivity contribution >= 4 is 0 Å². The highest BCUT2D eigenvalue weighted by atomic mass is 15.4. The number of aryl methyl sites for hydroxylation is 1. The minimum Gasteiger partial charge on any atom is -0.314 e. The fourth-order valence-corrected chi connectivity index (χ4v) is 1.57. The quantitative estimate of drug-likeness (QED) is 0.821. The molecule has 0 aromatic carbocycles. The van der Waals surface area contributed by atoms with Crippen molar-refractivity contribution in [2.24, 2.45) is 0 Å². The summed E-state index contributed by atoms with van der Waals surface area (Å²) in [7, 11) is 1.89. The normalized spacial score (nSPS) is 10.6. The van der Waals surface area contributed by atoms with E-state index in [4.69, 9.17) is 0 Å². The van der Waals surface area contributed by atoms with Gasteiger partial charge in [-0.25, -0.2) is 4.68 Å². The Kier molecular flexibility index (Phi) is 3.26. The molecule has 0 unspecified atom stereocenters. The number of nitrogens with one attached hydrogen (secondary N) is 1. The topological polar surface area (TPSA) is 55.6 Å². The van der Waals surface area contributed by atoms with E-state index in [1.807, 2.05) is 37.2 Å². The number of pyridine rings is 1. The SMILES string of the molecule is CNCc1cn(Cc2cncc(C)c2)nn1. The minimum absolute atomic E-state index is 0.714. The first-order chi connectivity index (χ1) is 7.78. The maximum Gasteiger partial charge on any atom is 0.0964 e.